The lowest BCUT2D eigenvalue weighted by Crippen LogP contribution is -2.23. The standard InChI is InChI=1S/C15H19BrN2/c1-12(2)17-10-14-7-5-9-18(14)11-13-6-3-4-8-15(13)16/h3-9,12,17H,10-11H2,1-2H3. The smallest absolute Gasteiger partial charge is 0.0484 e. The summed E-state index contributed by atoms with van der Waals surface area (Å²) in [5.41, 5.74) is 2.62. The Bertz CT molecular complexity index is 503. The van der Waals surface area contributed by atoms with Crippen molar-refractivity contribution in [3.63, 3.8) is 0 Å². The average Bonchev–Trinajstić information content (AvgIpc) is 2.77. The second kappa shape index (κ2) is 6.21. The zero-order valence-corrected chi connectivity index (χ0v) is 12.4. The number of hydrogen-bond donors (Lipinski definition) is 1. The van der Waals surface area contributed by atoms with Gasteiger partial charge in [-0.3, -0.25) is 0 Å². The first-order chi connectivity index (χ1) is 8.66. The van der Waals surface area contributed by atoms with Gasteiger partial charge in [0.15, 0.2) is 0 Å². The maximum Gasteiger partial charge on any atom is 0.0484 e. The molecular weight excluding hydrogens is 288 g/mol. The molecule has 0 saturated carbocycles. The van der Waals surface area contributed by atoms with E-state index in [0.29, 0.717) is 6.04 Å². The maximum absolute atomic E-state index is 3.60. The molecule has 2 aromatic rings. The molecule has 0 bridgehead atoms. The zero-order chi connectivity index (χ0) is 13.0. The minimum absolute atomic E-state index is 0.511. The number of hydrogen-bond acceptors (Lipinski definition) is 1. The highest BCUT2D eigenvalue weighted by Gasteiger charge is 2.04. The largest absolute Gasteiger partial charge is 0.346 e. The summed E-state index contributed by atoms with van der Waals surface area (Å²) in [6.07, 6.45) is 2.14. The van der Waals surface area contributed by atoms with Crippen LogP contribution in [-0.2, 0) is 13.1 Å². The van der Waals surface area contributed by atoms with Crippen molar-refractivity contribution >= 4 is 15.9 Å². The van der Waals surface area contributed by atoms with Gasteiger partial charge >= 0.3 is 0 Å². The Hall–Kier alpha value is -1.06. The molecule has 0 aliphatic heterocycles. The first-order valence-corrected chi connectivity index (χ1v) is 7.07. The third-order valence-electron chi connectivity index (χ3n) is 2.91. The summed E-state index contributed by atoms with van der Waals surface area (Å²) in [5.74, 6) is 0. The molecule has 0 spiro atoms. The molecule has 1 N–H and O–H groups in total. The van der Waals surface area contributed by atoms with E-state index in [2.05, 4.69) is 76.2 Å². The van der Waals surface area contributed by atoms with Gasteiger partial charge < -0.3 is 9.88 Å². The summed E-state index contributed by atoms with van der Waals surface area (Å²) in [6, 6.07) is 13.2. The van der Waals surface area contributed by atoms with E-state index in [1.165, 1.54) is 15.7 Å². The van der Waals surface area contributed by atoms with E-state index in [9.17, 15) is 0 Å². The van der Waals surface area contributed by atoms with Gasteiger partial charge in [-0.15, -0.1) is 0 Å². The highest BCUT2D eigenvalue weighted by atomic mass is 79.9. The van der Waals surface area contributed by atoms with E-state index in [1.807, 2.05) is 6.07 Å². The number of nitrogens with zero attached hydrogens (tertiary/aromatic N) is 1. The minimum Gasteiger partial charge on any atom is -0.346 e. The highest BCUT2D eigenvalue weighted by molar-refractivity contribution is 9.10. The highest BCUT2D eigenvalue weighted by Crippen LogP contribution is 2.18. The molecule has 0 saturated heterocycles. The molecule has 0 amide bonds. The van der Waals surface area contributed by atoms with Crippen molar-refractivity contribution in [3.8, 4) is 0 Å². The van der Waals surface area contributed by atoms with E-state index in [1.54, 1.807) is 0 Å². The first kappa shape index (κ1) is 13.4. The fourth-order valence-corrected chi connectivity index (χ4v) is 2.29. The van der Waals surface area contributed by atoms with Crippen molar-refractivity contribution in [2.24, 2.45) is 0 Å². The molecule has 18 heavy (non-hydrogen) atoms. The summed E-state index contributed by atoms with van der Waals surface area (Å²) < 4.78 is 3.46. The van der Waals surface area contributed by atoms with Crippen LogP contribution in [0.1, 0.15) is 25.1 Å². The van der Waals surface area contributed by atoms with Gasteiger partial charge in [-0.1, -0.05) is 48.0 Å². The van der Waals surface area contributed by atoms with Crippen molar-refractivity contribution < 1.29 is 0 Å². The molecule has 1 aromatic heterocycles. The Morgan fingerprint density at radius 1 is 1.17 bits per heavy atom. The van der Waals surface area contributed by atoms with Crippen LogP contribution in [-0.4, -0.2) is 10.6 Å². The van der Waals surface area contributed by atoms with Crippen LogP contribution in [0.3, 0.4) is 0 Å². The number of aromatic nitrogens is 1. The van der Waals surface area contributed by atoms with Crippen molar-refractivity contribution in [2.75, 3.05) is 0 Å². The van der Waals surface area contributed by atoms with Crippen LogP contribution in [0.15, 0.2) is 47.1 Å². The van der Waals surface area contributed by atoms with Gasteiger partial charge in [-0.2, -0.15) is 0 Å². The normalized spacial score (nSPS) is 11.1. The summed E-state index contributed by atoms with van der Waals surface area (Å²) in [4.78, 5) is 0. The van der Waals surface area contributed by atoms with Gasteiger partial charge in [0.2, 0.25) is 0 Å². The Labute approximate surface area is 117 Å². The molecule has 0 fully saturated rings. The van der Waals surface area contributed by atoms with Gasteiger partial charge in [-0.05, 0) is 23.8 Å². The third kappa shape index (κ3) is 3.47. The molecule has 0 atom stereocenters. The molecule has 0 radical (unpaired) electrons. The summed E-state index contributed by atoms with van der Waals surface area (Å²) in [5, 5.41) is 3.46. The van der Waals surface area contributed by atoms with Gasteiger partial charge in [0.25, 0.3) is 0 Å². The van der Waals surface area contributed by atoms with Crippen LogP contribution in [0.2, 0.25) is 0 Å². The lowest BCUT2D eigenvalue weighted by atomic mass is 10.2. The second-order valence-electron chi connectivity index (χ2n) is 4.75. The Kier molecular flexibility index (Phi) is 4.61. The Morgan fingerprint density at radius 3 is 2.67 bits per heavy atom. The topological polar surface area (TPSA) is 17.0 Å². The predicted octanol–water partition coefficient (Wildman–Crippen LogP) is 3.80. The van der Waals surface area contributed by atoms with Crippen LogP contribution in [0, 0.1) is 0 Å². The van der Waals surface area contributed by atoms with Gasteiger partial charge in [0, 0.05) is 35.5 Å². The molecule has 3 heteroatoms. The number of benzene rings is 1. The predicted molar refractivity (Wildman–Crippen MR) is 79.7 cm³/mol. The van der Waals surface area contributed by atoms with Gasteiger partial charge in [-0.25, -0.2) is 0 Å². The first-order valence-electron chi connectivity index (χ1n) is 6.27. The quantitative estimate of drug-likeness (QED) is 0.889. The van der Waals surface area contributed by atoms with Crippen LogP contribution in [0.25, 0.3) is 0 Å². The minimum atomic E-state index is 0.511. The third-order valence-corrected chi connectivity index (χ3v) is 3.69. The molecule has 2 rings (SSSR count). The molecule has 96 valence electrons. The zero-order valence-electron chi connectivity index (χ0n) is 10.9. The van der Waals surface area contributed by atoms with E-state index in [0.717, 1.165) is 13.1 Å². The van der Waals surface area contributed by atoms with Crippen molar-refractivity contribution in [1.82, 2.24) is 9.88 Å². The Morgan fingerprint density at radius 2 is 1.94 bits per heavy atom. The number of nitrogens with one attached hydrogen (secondary N) is 1. The van der Waals surface area contributed by atoms with Crippen LogP contribution in [0.4, 0.5) is 0 Å². The lowest BCUT2D eigenvalue weighted by molar-refractivity contribution is 0.564. The maximum atomic E-state index is 3.60. The van der Waals surface area contributed by atoms with Crippen LogP contribution in [0.5, 0.6) is 0 Å². The van der Waals surface area contributed by atoms with Crippen LogP contribution < -0.4 is 5.32 Å². The van der Waals surface area contributed by atoms with E-state index in [-0.39, 0.29) is 0 Å². The molecule has 1 heterocycles. The van der Waals surface area contributed by atoms with Crippen molar-refractivity contribution in [3.05, 3.63) is 58.3 Å². The average molecular weight is 307 g/mol. The van der Waals surface area contributed by atoms with E-state index >= 15 is 0 Å². The Balaban J connectivity index is 2.10. The van der Waals surface area contributed by atoms with Crippen molar-refractivity contribution in [2.45, 2.75) is 33.0 Å². The lowest BCUT2D eigenvalue weighted by Gasteiger charge is -2.13. The monoisotopic (exact) mass is 306 g/mol. The number of rotatable bonds is 5. The van der Waals surface area contributed by atoms with Gasteiger partial charge in [0.1, 0.15) is 0 Å². The molecule has 2 nitrogen and oxygen atoms in total. The van der Waals surface area contributed by atoms with Crippen molar-refractivity contribution in [1.29, 1.82) is 0 Å². The number of halogens is 1. The molecule has 0 aliphatic rings. The fraction of sp³-hybridized carbons (Fsp3) is 0.333. The van der Waals surface area contributed by atoms with E-state index in [4.69, 9.17) is 0 Å². The molecular formula is C15H19BrN2. The van der Waals surface area contributed by atoms with E-state index < -0.39 is 0 Å². The molecule has 0 unspecified atom stereocenters. The molecule has 1 aromatic carbocycles. The summed E-state index contributed by atoms with van der Waals surface area (Å²) >= 11 is 3.60. The van der Waals surface area contributed by atoms with Crippen LogP contribution >= 0.6 is 15.9 Å². The fourth-order valence-electron chi connectivity index (χ4n) is 1.88. The summed E-state index contributed by atoms with van der Waals surface area (Å²) in [7, 11) is 0. The van der Waals surface area contributed by atoms with Gasteiger partial charge in [0.05, 0.1) is 0 Å². The molecule has 0 aliphatic carbocycles. The SMILES string of the molecule is CC(C)NCc1cccn1Cc1ccccc1Br. The summed E-state index contributed by atoms with van der Waals surface area (Å²) in [6.45, 7) is 6.15. The second-order valence-corrected chi connectivity index (χ2v) is 5.61.